The maximum absolute atomic E-state index is 12.2. The lowest BCUT2D eigenvalue weighted by molar-refractivity contribution is -0.118. The van der Waals surface area contributed by atoms with Crippen LogP contribution in [0.25, 0.3) is 0 Å². The third-order valence-corrected chi connectivity index (χ3v) is 4.87. The van der Waals surface area contributed by atoms with Gasteiger partial charge in [-0.1, -0.05) is 30.8 Å². The van der Waals surface area contributed by atoms with Crippen LogP contribution in [-0.2, 0) is 17.8 Å². The molecule has 8 heteroatoms. The highest BCUT2D eigenvalue weighted by molar-refractivity contribution is 7.99. The van der Waals surface area contributed by atoms with Gasteiger partial charge in [0, 0.05) is 25.4 Å². The van der Waals surface area contributed by atoms with Crippen LogP contribution >= 0.6 is 11.8 Å². The molecule has 0 aliphatic carbocycles. The molecule has 2 aromatic heterocycles. The predicted molar refractivity (Wildman–Crippen MR) is 105 cm³/mol. The van der Waals surface area contributed by atoms with E-state index < -0.39 is 0 Å². The number of hydrogen-bond donors (Lipinski definition) is 1. The van der Waals surface area contributed by atoms with Crippen LogP contribution in [0.4, 0.5) is 0 Å². The second kappa shape index (κ2) is 9.27. The molecule has 1 amide bonds. The first-order chi connectivity index (χ1) is 13.2. The molecule has 1 aromatic carbocycles. The van der Waals surface area contributed by atoms with Gasteiger partial charge in [-0.15, -0.1) is 10.2 Å². The molecule has 0 fully saturated rings. The molecule has 0 radical (unpaired) electrons. The maximum Gasteiger partial charge on any atom is 0.230 e. The zero-order chi connectivity index (χ0) is 19.1. The molecule has 0 saturated carbocycles. The molecule has 0 atom stereocenters. The van der Waals surface area contributed by atoms with Crippen molar-refractivity contribution in [3.63, 3.8) is 0 Å². The minimum Gasteiger partial charge on any atom is -0.497 e. The van der Waals surface area contributed by atoms with Gasteiger partial charge in [0.15, 0.2) is 5.82 Å². The van der Waals surface area contributed by atoms with Gasteiger partial charge in [-0.25, -0.2) is 4.68 Å². The third kappa shape index (κ3) is 4.91. The van der Waals surface area contributed by atoms with Gasteiger partial charge in [0.2, 0.25) is 11.1 Å². The molecule has 27 heavy (non-hydrogen) atoms. The Morgan fingerprint density at radius 1 is 1.19 bits per heavy atom. The van der Waals surface area contributed by atoms with Crippen LogP contribution in [0, 0.1) is 0 Å². The second-order valence-electron chi connectivity index (χ2n) is 5.94. The standard InChI is InChI=1S/C19H23N5O2S/c1-3-6-17-21-22-19(24(17)23-11-4-5-12-23)27-14-18(25)20-13-15-7-9-16(26-2)10-8-15/h4-5,7-12H,3,6,13-14H2,1-2H3,(H,20,25). The molecular weight excluding hydrogens is 362 g/mol. The number of carbonyl (C=O) groups is 1. The number of amides is 1. The highest BCUT2D eigenvalue weighted by Gasteiger charge is 2.14. The SMILES string of the molecule is CCCc1nnc(SCC(=O)NCc2ccc(OC)cc2)n1-n1cccc1. The number of ether oxygens (including phenoxy) is 1. The molecule has 0 saturated heterocycles. The minimum absolute atomic E-state index is 0.0464. The summed E-state index contributed by atoms with van der Waals surface area (Å²) in [7, 11) is 1.63. The van der Waals surface area contributed by atoms with Gasteiger partial charge >= 0.3 is 0 Å². The molecule has 0 unspecified atom stereocenters. The van der Waals surface area contributed by atoms with Crippen molar-refractivity contribution in [1.82, 2.24) is 24.9 Å². The average Bonchev–Trinajstić information content (AvgIpc) is 3.35. The summed E-state index contributed by atoms with van der Waals surface area (Å²) in [6.45, 7) is 2.59. The minimum atomic E-state index is -0.0464. The van der Waals surface area contributed by atoms with Crippen molar-refractivity contribution in [2.24, 2.45) is 0 Å². The van der Waals surface area contributed by atoms with E-state index in [2.05, 4.69) is 22.4 Å². The Hall–Kier alpha value is -2.74. The molecule has 0 bridgehead atoms. The van der Waals surface area contributed by atoms with Crippen LogP contribution in [0.15, 0.2) is 53.9 Å². The van der Waals surface area contributed by atoms with E-state index in [0.717, 1.165) is 30.0 Å². The molecule has 3 rings (SSSR count). The van der Waals surface area contributed by atoms with E-state index >= 15 is 0 Å². The quantitative estimate of drug-likeness (QED) is 0.574. The molecule has 7 nitrogen and oxygen atoms in total. The van der Waals surface area contributed by atoms with Gasteiger partial charge in [-0.05, 0) is 36.2 Å². The molecule has 142 valence electrons. The first-order valence-corrected chi connectivity index (χ1v) is 9.80. The van der Waals surface area contributed by atoms with Gasteiger partial charge in [-0.2, -0.15) is 0 Å². The lowest BCUT2D eigenvalue weighted by Crippen LogP contribution is -2.25. The highest BCUT2D eigenvalue weighted by Crippen LogP contribution is 2.18. The Morgan fingerprint density at radius 3 is 2.59 bits per heavy atom. The zero-order valence-corrected chi connectivity index (χ0v) is 16.3. The van der Waals surface area contributed by atoms with Gasteiger partial charge < -0.3 is 10.1 Å². The summed E-state index contributed by atoms with van der Waals surface area (Å²) < 4.78 is 9.02. The van der Waals surface area contributed by atoms with Gasteiger partial charge in [0.25, 0.3) is 0 Å². The first kappa shape index (κ1) is 19.0. The third-order valence-electron chi connectivity index (χ3n) is 3.95. The molecule has 0 aliphatic heterocycles. The van der Waals surface area contributed by atoms with E-state index in [0.29, 0.717) is 11.7 Å². The number of methoxy groups -OCH3 is 1. The Balaban J connectivity index is 1.58. The summed E-state index contributed by atoms with van der Waals surface area (Å²) in [5.74, 6) is 1.92. The smallest absolute Gasteiger partial charge is 0.230 e. The van der Waals surface area contributed by atoms with Crippen molar-refractivity contribution < 1.29 is 9.53 Å². The Morgan fingerprint density at radius 2 is 1.93 bits per heavy atom. The van der Waals surface area contributed by atoms with Crippen LogP contribution in [0.5, 0.6) is 5.75 Å². The Labute approximate surface area is 162 Å². The Kier molecular flexibility index (Phi) is 6.54. The summed E-state index contributed by atoms with van der Waals surface area (Å²) >= 11 is 1.38. The summed E-state index contributed by atoms with van der Waals surface area (Å²) in [5.41, 5.74) is 1.02. The number of carbonyl (C=O) groups excluding carboxylic acids is 1. The fourth-order valence-corrected chi connectivity index (χ4v) is 3.36. The van der Waals surface area contributed by atoms with Gasteiger partial charge in [-0.3, -0.25) is 9.47 Å². The van der Waals surface area contributed by atoms with E-state index in [1.807, 2.05) is 58.1 Å². The maximum atomic E-state index is 12.2. The first-order valence-electron chi connectivity index (χ1n) is 8.81. The van der Waals surface area contributed by atoms with Crippen LogP contribution in [-0.4, -0.2) is 38.3 Å². The number of rotatable bonds is 9. The van der Waals surface area contributed by atoms with Gasteiger partial charge in [0.1, 0.15) is 5.75 Å². The van der Waals surface area contributed by atoms with Crippen LogP contribution < -0.4 is 10.1 Å². The van der Waals surface area contributed by atoms with Crippen molar-refractivity contribution in [3.8, 4) is 5.75 Å². The highest BCUT2D eigenvalue weighted by atomic mass is 32.2. The van der Waals surface area contributed by atoms with Crippen LogP contribution in [0.1, 0.15) is 24.7 Å². The Bertz CT molecular complexity index is 859. The zero-order valence-electron chi connectivity index (χ0n) is 15.5. The van der Waals surface area contributed by atoms with E-state index in [9.17, 15) is 4.79 Å². The molecular formula is C19H23N5O2S. The number of thioether (sulfide) groups is 1. The fourth-order valence-electron chi connectivity index (χ4n) is 2.58. The van der Waals surface area contributed by atoms with E-state index in [1.165, 1.54) is 11.8 Å². The van der Waals surface area contributed by atoms with Crippen molar-refractivity contribution in [2.75, 3.05) is 12.9 Å². The molecule has 0 spiro atoms. The molecule has 2 heterocycles. The monoisotopic (exact) mass is 385 g/mol. The van der Waals surface area contributed by atoms with Crippen molar-refractivity contribution >= 4 is 17.7 Å². The van der Waals surface area contributed by atoms with E-state index in [1.54, 1.807) is 7.11 Å². The number of hydrogen-bond acceptors (Lipinski definition) is 5. The molecule has 0 aliphatic rings. The van der Waals surface area contributed by atoms with Crippen molar-refractivity contribution in [3.05, 3.63) is 60.2 Å². The predicted octanol–water partition coefficient (Wildman–Crippen LogP) is 2.76. The van der Waals surface area contributed by atoms with Crippen molar-refractivity contribution in [1.29, 1.82) is 0 Å². The van der Waals surface area contributed by atoms with E-state index in [-0.39, 0.29) is 11.7 Å². The fraction of sp³-hybridized carbons (Fsp3) is 0.316. The number of benzene rings is 1. The summed E-state index contributed by atoms with van der Waals surface area (Å²) in [5, 5.41) is 12.2. The number of aryl methyl sites for hydroxylation is 1. The van der Waals surface area contributed by atoms with Crippen LogP contribution in [0.2, 0.25) is 0 Å². The summed E-state index contributed by atoms with van der Waals surface area (Å²) in [4.78, 5) is 12.2. The molecule has 3 aromatic rings. The number of nitrogens with zero attached hydrogens (tertiary/aromatic N) is 4. The van der Waals surface area contributed by atoms with Crippen molar-refractivity contribution in [2.45, 2.75) is 31.5 Å². The van der Waals surface area contributed by atoms with Gasteiger partial charge in [0.05, 0.1) is 12.9 Å². The van der Waals surface area contributed by atoms with E-state index in [4.69, 9.17) is 4.74 Å². The number of nitrogens with one attached hydrogen (secondary N) is 1. The van der Waals surface area contributed by atoms with Crippen LogP contribution in [0.3, 0.4) is 0 Å². The molecule has 1 N–H and O–H groups in total. The summed E-state index contributed by atoms with van der Waals surface area (Å²) in [6.07, 6.45) is 5.69. The number of aromatic nitrogens is 4. The lowest BCUT2D eigenvalue weighted by atomic mass is 10.2. The largest absolute Gasteiger partial charge is 0.497 e. The topological polar surface area (TPSA) is 74.0 Å². The lowest BCUT2D eigenvalue weighted by Gasteiger charge is -2.11. The normalized spacial score (nSPS) is 10.7. The second-order valence-corrected chi connectivity index (χ2v) is 6.88. The average molecular weight is 385 g/mol. The summed E-state index contributed by atoms with van der Waals surface area (Å²) in [6, 6.07) is 11.5.